The highest BCUT2D eigenvalue weighted by atomic mass is 35.7. The number of imidazole rings is 1. The maximum absolute atomic E-state index is 13.1. The van der Waals surface area contributed by atoms with Gasteiger partial charge in [-0.3, -0.25) is 0 Å². The molecule has 1 heterocycles. The Hall–Kier alpha value is -1.40. The highest BCUT2D eigenvalue weighted by Gasteiger charge is 2.18. The molecule has 0 saturated heterocycles. The molecule has 0 aliphatic rings. The first kappa shape index (κ1) is 16.0. The fourth-order valence-electron chi connectivity index (χ4n) is 2.13. The van der Waals surface area contributed by atoms with E-state index in [1.165, 1.54) is 18.3 Å². The van der Waals surface area contributed by atoms with Gasteiger partial charge in [-0.25, -0.2) is 17.8 Å². The lowest BCUT2D eigenvalue weighted by atomic mass is 10.1. The second kappa shape index (κ2) is 6.15. The van der Waals surface area contributed by atoms with Crippen molar-refractivity contribution in [2.75, 3.05) is 0 Å². The molecule has 4 nitrogen and oxygen atoms in total. The molecule has 114 valence electrons. The van der Waals surface area contributed by atoms with Gasteiger partial charge in [-0.05, 0) is 36.6 Å². The predicted molar refractivity (Wildman–Crippen MR) is 79.5 cm³/mol. The third kappa shape index (κ3) is 3.83. The Labute approximate surface area is 128 Å². The summed E-state index contributed by atoms with van der Waals surface area (Å²) in [5, 5.41) is -0.146. The van der Waals surface area contributed by atoms with E-state index in [1.54, 1.807) is 10.6 Å². The van der Waals surface area contributed by atoms with Crippen LogP contribution in [0.2, 0.25) is 0 Å². The highest BCUT2D eigenvalue weighted by molar-refractivity contribution is 8.13. The molecule has 0 radical (unpaired) electrons. The number of nitrogens with zero attached hydrogens (tertiary/aromatic N) is 2. The second-order valence-corrected chi connectivity index (χ2v) is 7.39. The summed E-state index contributed by atoms with van der Waals surface area (Å²) in [5.74, 6) is 0.361. The van der Waals surface area contributed by atoms with E-state index < -0.39 is 9.05 Å². The molecule has 0 aliphatic carbocycles. The van der Waals surface area contributed by atoms with Gasteiger partial charge in [0.2, 0.25) is 0 Å². The Morgan fingerprint density at radius 3 is 2.67 bits per heavy atom. The SMILES string of the molecule is CCCc1nc(S(=O)(=O)Cl)cn1Cc1ccc(F)cc1C. The van der Waals surface area contributed by atoms with E-state index in [-0.39, 0.29) is 10.8 Å². The lowest BCUT2D eigenvalue weighted by Crippen LogP contribution is -2.05. The van der Waals surface area contributed by atoms with Crippen molar-refractivity contribution in [3.63, 3.8) is 0 Å². The molecule has 0 spiro atoms. The van der Waals surface area contributed by atoms with Crippen LogP contribution >= 0.6 is 10.7 Å². The Morgan fingerprint density at radius 2 is 2.10 bits per heavy atom. The average molecular weight is 331 g/mol. The summed E-state index contributed by atoms with van der Waals surface area (Å²) < 4.78 is 37.7. The van der Waals surface area contributed by atoms with Crippen LogP contribution in [0.3, 0.4) is 0 Å². The van der Waals surface area contributed by atoms with Crippen LogP contribution in [-0.4, -0.2) is 18.0 Å². The summed E-state index contributed by atoms with van der Waals surface area (Å²) in [5.41, 5.74) is 1.71. The van der Waals surface area contributed by atoms with Crippen molar-refractivity contribution in [1.29, 1.82) is 0 Å². The first-order chi connectivity index (χ1) is 9.81. The van der Waals surface area contributed by atoms with E-state index in [4.69, 9.17) is 10.7 Å². The molecule has 0 unspecified atom stereocenters. The topological polar surface area (TPSA) is 52.0 Å². The monoisotopic (exact) mass is 330 g/mol. The lowest BCUT2D eigenvalue weighted by Gasteiger charge is -2.09. The number of hydrogen-bond acceptors (Lipinski definition) is 3. The number of hydrogen-bond donors (Lipinski definition) is 0. The Kier molecular flexibility index (Phi) is 4.68. The van der Waals surface area contributed by atoms with Gasteiger partial charge in [-0.15, -0.1) is 0 Å². The number of aromatic nitrogens is 2. The summed E-state index contributed by atoms with van der Waals surface area (Å²) in [6, 6.07) is 4.53. The van der Waals surface area contributed by atoms with Crippen molar-refractivity contribution < 1.29 is 12.8 Å². The van der Waals surface area contributed by atoms with Crippen LogP contribution in [0.5, 0.6) is 0 Å². The Balaban J connectivity index is 2.40. The molecule has 0 N–H and O–H groups in total. The van der Waals surface area contributed by atoms with E-state index in [1.807, 2.05) is 13.8 Å². The molecule has 0 fully saturated rings. The minimum atomic E-state index is -3.85. The van der Waals surface area contributed by atoms with Crippen LogP contribution in [0.1, 0.15) is 30.3 Å². The molecule has 1 aromatic heterocycles. The van der Waals surface area contributed by atoms with E-state index in [9.17, 15) is 12.8 Å². The molecule has 0 bridgehead atoms. The minimum absolute atomic E-state index is 0.146. The Morgan fingerprint density at radius 1 is 1.38 bits per heavy atom. The molecule has 0 saturated carbocycles. The molecule has 2 rings (SSSR count). The maximum atomic E-state index is 13.1. The molecule has 0 atom stereocenters. The van der Waals surface area contributed by atoms with Crippen molar-refractivity contribution >= 4 is 19.7 Å². The summed E-state index contributed by atoms with van der Waals surface area (Å²) in [4.78, 5) is 4.08. The van der Waals surface area contributed by atoms with E-state index in [0.29, 0.717) is 18.8 Å². The van der Waals surface area contributed by atoms with Gasteiger partial charge in [0, 0.05) is 29.8 Å². The molecule has 21 heavy (non-hydrogen) atoms. The maximum Gasteiger partial charge on any atom is 0.280 e. The number of rotatable bonds is 5. The minimum Gasteiger partial charge on any atom is -0.329 e. The van der Waals surface area contributed by atoms with Gasteiger partial charge >= 0.3 is 0 Å². The third-order valence-corrected chi connectivity index (χ3v) is 4.38. The lowest BCUT2D eigenvalue weighted by molar-refractivity contribution is 0.606. The van der Waals surface area contributed by atoms with E-state index in [0.717, 1.165) is 17.5 Å². The number of halogens is 2. The van der Waals surface area contributed by atoms with Crippen LogP contribution in [0, 0.1) is 12.7 Å². The van der Waals surface area contributed by atoms with Crippen LogP contribution < -0.4 is 0 Å². The molecular formula is C14H16ClFN2O2S. The molecule has 0 aliphatic heterocycles. The molecule has 1 aromatic carbocycles. The van der Waals surface area contributed by atoms with E-state index in [2.05, 4.69) is 4.98 Å². The molecule has 7 heteroatoms. The highest BCUT2D eigenvalue weighted by Crippen LogP contribution is 2.18. The van der Waals surface area contributed by atoms with Crippen LogP contribution in [0.15, 0.2) is 29.4 Å². The summed E-state index contributed by atoms with van der Waals surface area (Å²) in [6.07, 6.45) is 2.91. The fraction of sp³-hybridized carbons (Fsp3) is 0.357. The zero-order valence-corrected chi connectivity index (χ0v) is 13.4. The van der Waals surface area contributed by atoms with Crippen LogP contribution in [-0.2, 0) is 22.0 Å². The quantitative estimate of drug-likeness (QED) is 0.791. The van der Waals surface area contributed by atoms with Gasteiger partial charge in [-0.1, -0.05) is 13.0 Å². The molecule has 2 aromatic rings. The Bertz CT molecular complexity index is 756. The fourth-order valence-corrected chi connectivity index (χ4v) is 2.82. The van der Waals surface area contributed by atoms with Crippen molar-refractivity contribution in [2.24, 2.45) is 0 Å². The molecule has 0 amide bonds. The zero-order chi connectivity index (χ0) is 15.6. The van der Waals surface area contributed by atoms with Gasteiger partial charge in [0.1, 0.15) is 11.6 Å². The summed E-state index contributed by atoms with van der Waals surface area (Å²) >= 11 is 0. The summed E-state index contributed by atoms with van der Waals surface area (Å²) in [7, 11) is 1.49. The first-order valence-corrected chi connectivity index (χ1v) is 8.88. The van der Waals surface area contributed by atoms with Gasteiger partial charge in [-0.2, -0.15) is 0 Å². The van der Waals surface area contributed by atoms with Crippen molar-refractivity contribution in [3.8, 4) is 0 Å². The van der Waals surface area contributed by atoms with E-state index >= 15 is 0 Å². The van der Waals surface area contributed by atoms with Crippen molar-refractivity contribution in [1.82, 2.24) is 9.55 Å². The van der Waals surface area contributed by atoms with Crippen LogP contribution in [0.4, 0.5) is 4.39 Å². The summed E-state index contributed by atoms with van der Waals surface area (Å²) in [6.45, 7) is 4.23. The van der Waals surface area contributed by atoms with Crippen molar-refractivity contribution in [3.05, 3.63) is 47.2 Å². The number of aryl methyl sites for hydroxylation is 2. The van der Waals surface area contributed by atoms with Crippen molar-refractivity contribution in [2.45, 2.75) is 38.3 Å². The van der Waals surface area contributed by atoms with Gasteiger partial charge < -0.3 is 4.57 Å². The second-order valence-electron chi connectivity index (χ2n) is 4.88. The largest absolute Gasteiger partial charge is 0.329 e. The van der Waals surface area contributed by atoms with Crippen LogP contribution in [0.25, 0.3) is 0 Å². The van der Waals surface area contributed by atoms with Gasteiger partial charge in [0.25, 0.3) is 9.05 Å². The average Bonchev–Trinajstić information content (AvgIpc) is 2.76. The predicted octanol–water partition coefficient (Wildman–Crippen LogP) is 3.26. The first-order valence-electron chi connectivity index (χ1n) is 6.57. The third-order valence-electron chi connectivity index (χ3n) is 3.21. The normalized spacial score (nSPS) is 11.8. The van der Waals surface area contributed by atoms with Gasteiger partial charge in [0.05, 0.1) is 0 Å². The smallest absolute Gasteiger partial charge is 0.280 e. The zero-order valence-electron chi connectivity index (χ0n) is 11.8. The standard InChI is InChI=1S/C14H16ClFN2O2S/c1-3-4-13-17-14(21(15,19)20)9-18(13)8-11-5-6-12(16)7-10(11)2/h5-7,9H,3-4,8H2,1-2H3. The van der Waals surface area contributed by atoms with Gasteiger partial charge in [0.15, 0.2) is 5.03 Å². The molecular weight excluding hydrogens is 315 g/mol. The number of benzene rings is 1.